The van der Waals surface area contributed by atoms with E-state index in [4.69, 9.17) is 5.10 Å². The smallest absolute Gasteiger partial charge is 0.140 e. The number of fused-ring (bicyclic) bond motifs is 3. The van der Waals surface area contributed by atoms with E-state index >= 15 is 0 Å². The molecule has 2 aliphatic rings. The Balaban J connectivity index is 1.36. The summed E-state index contributed by atoms with van der Waals surface area (Å²) >= 11 is 1.76. The summed E-state index contributed by atoms with van der Waals surface area (Å²) in [7, 11) is 0. The Kier molecular flexibility index (Phi) is 4.30. The molecule has 0 bridgehead atoms. The molecular formula is C23H24N3S+. The molecule has 3 aromatic rings. The number of benzene rings is 2. The van der Waals surface area contributed by atoms with Gasteiger partial charge in [-0.2, -0.15) is 5.10 Å². The molecule has 1 aliphatic carbocycles. The molecule has 5 rings (SSSR count). The molecule has 1 N–H and O–H groups in total. The van der Waals surface area contributed by atoms with Gasteiger partial charge in [0.1, 0.15) is 6.04 Å². The molecule has 0 unspecified atom stereocenters. The van der Waals surface area contributed by atoms with Crippen molar-refractivity contribution in [1.29, 1.82) is 0 Å². The van der Waals surface area contributed by atoms with Gasteiger partial charge in [-0.1, -0.05) is 54.6 Å². The van der Waals surface area contributed by atoms with Crippen LogP contribution in [0.2, 0.25) is 0 Å². The van der Waals surface area contributed by atoms with Crippen molar-refractivity contribution in [2.75, 3.05) is 26.2 Å². The summed E-state index contributed by atoms with van der Waals surface area (Å²) in [5.41, 5.74) is 6.94. The number of nitrogens with zero attached hydrogens (tertiary/aromatic N) is 2. The number of nitrogens with one attached hydrogen (secondary N) is 1. The number of piperazine rings is 1. The van der Waals surface area contributed by atoms with Crippen LogP contribution in [0.5, 0.6) is 0 Å². The van der Waals surface area contributed by atoms with Crippen LogP contribution in [-0.2, 0) is 0 Å². The van der Waals surface area contributed by atoms with Gasteiger partial charge in [-0.25, -0.2) is 0 Å². The van der Waals surface area contributed by atoms with Crippen LogP contribution < -0.4 is 4.90 Å². The van der Waals surface area contributed by atoms with Gasteiger partial charge in [-0.05, 0) is 29.5 Å². The van der Waals surface area contributed by atoms with E-state index in [2.05, 4.69) is 78.0 Å². The van der Waals surface area contributed by atoms with E-state index in [0.29, 0.717) is 6.04 Å². The third-order valence-electron chi connectivity index (χ3n) is 5.79. The van der Waals surface area contributed by atoms with Crippen molar-refractivity contribution in [1.82, 2.24) is 5.01 Å². The summed E-state index contributed by atoms with van der Waals surface area (Å²) in [5, 5.41) is 9.25. The van der Waals surface area contributed by atoms with Crippen LogP contribution in [0.25, 0.3) is 11.1 Å². The average Bonchev–Trinajstić information content (AvgIpc) is 3.35. The molecule has 3 nitrogen and oxygen atoms in total. The van der Waals surface area contributed by atoms with E-state index in [9.17, 15) is 0 Å². The molecule has 2 heterocycles. The number of thiophene rings is 1. The molecule has 0 saturated carbocycles. The Morgan fingerprint density at radius 1 is 0.926 bits per heavy atom. The first-order chi connectivity index (χ1) is 13.3. The number of rotatable bonds is 3. The molecule has 4 heteroatoms. The van der Waals surface area contributed by atoms with Gasteiger partial charge in [0.2, 0.25) is 0 Å². The Morgan fingerprint density at radius 2 is 1.56 bits per heavy atom. The first-order valence-electron chi connectivity index (χ1n) is 9.68. The van der Waals surface area contributed by atoms with Gasteiger partial charge in [0, 0.05) is 16.0 Å². The Labute approximate surface area is 164 Å². The third kappa shape index (κ3) is 2.99. The minimum atomic E-state index is 0.460. The fraction of sp³-hybridized carbons (Fsp3) is 0.261. The molecule has 1 fully saturated rings. The highest BCUT2D eigenvalue weighted by molar-refractivity contribution is 7.12. The zero-order valence-corrected chi connectivity index (χ0v) is 16.4. The molecular weight excluding hydrogens is 350 g/mol. The van der Waals surface area contributed by atoms with Crippen LogP contribution in [0, 0.1) is 0 Å². The molecule has 1 saturated heterocycles. The van der Waals surface area contributed by atoms with Crippen molar-refractivity contribution in [3.05, 3.63) is 82.0 Å². The van der Waals surface area contributed by atoms with E-state index < -0.39 is 0 Å². The quantitative estimate of drug-likeness (QED) is 0.696. The lowest BCUT2D eigenvalue weighted by atomic mass is 10.0. The zero-order valence-electron chi connectivity index (χ0n) is 15.6. The summed E-state index contributed by atoms with van der Waals surface area (Å²) in [6, 6.07) is 22.6. The van der Waals surface area contributed by atoms with Crippen molar-refractivity contribution < 1.29 is 4.90 Å². The van der Waals surface area contributed by atoms with Crippen molar-refractivity contribution in [2.24, 2.45) is 5.10 Å². The number of quaternary nitrogens is 1. The monoisotopic (exact) mass is 374 g/mol. The van der Waals surface area contributed by atoms with Crippen LogP contribution in [0.4, 0.5) is 0 Å². The highest BCUT2D eigenvalue weighted by atomic mass is 32.1. The minimum Gasteiger partial charge on any atom is -0.322 e. The van der Waals surface area contributed by atoms with Crippen molar-refractivity contribution >= 4 is 17.0 Å². The zero-order chi connectivity index (χ0) is 18.2. The maximum absolute atomic E-state index is 4.88. The van der Waals surface area contributed by atoms with E-state index in [1.165, 1.54) is 27.1 Å². The van der Waals surface area contributed by atoms with Crippen LogP contribution in [0.3, 0.4) is 0 Å². The second-order valence-electron chi connectivity index (χ2n) is 7.38. The summed E-state index contributed by atoms with van der Waals surface area (Å²) in [6.07, 6.45) is 0. The van der Waals surface area contributed by atoms with Crippen LogP contribution >= 0.6 is 11.3 Å². The summed E-state index contributed by atoms with van der Waals surface area (Å²) in [6.45, 7) is 6.38. The molecule has 27 heavy (non-hydrogen) atoms. The van der Waals surface area contributed by atoms with E-state index in [-0.39, 0.29) is 0 Å². The summed E-state index contributed by atoms with van der Waals surface area (Å²) in [4.78, 5) is 2.93. The maximum atomic E-state index is 4.88. The van der Waals surface area contributed by atoms with Crippen LogP contribution in [0.15, 0.2) is 71.1 Å². The first-order valence-corrected chi connectivity index (χ1v) is 10.6. The second-order valence-corrected chi connectivity index (χ2v) is 8.33. The molecule has 1 aliphatic heterocycles. The largest absolute Gasteiger partial charge is 0.322 e. The number of hydrogen-bond donors (Lipinski definition) is 1. The lowest BCUT2D eigenvalue weighted by Gasteiger charge is -2.35. The lowest BCUT2D eigenvalue weighted by Crippen LogP contribution is -3.14. The van der Waals surface area contributed by atoms with Gasteiger partial charge >= 0.3 is 0 Å². The first kappa shape index (κ1) is 16.7. The molecule has 136 valence electrons. The average molecular weight is 375 g/mol. The fourth-order valence-electron chi connectivity index (χ4n) is 4.51. The van der Waals surface area contributed by atoms with Crippen LogP contribution in [0.1, 0.15) is 29.0 Å². The molecule has 0 spiro atoms. The molecule has 0 amide bonds. The summed E-state index contributed by atoms with van der Waals surface area (Å²) in [5.74, 6) is 0. The Hall–Kier alpha value is -2.43. The normalized spacial score (nSPS) is 17.8. The molecule has 0 radical (unpaired) electrons. The van der Waals surface area contributed by atoms with Crippen molar-refractivity contribution in [3.8, 4) is 11.1 Å². The number of hydrogen-bond acceptors (Lipinski definition) is 3. The highest BCUT2D eigenvalue weighted by Gasteiger charge is 2.37. The molecule has 1 aromatic heterocycles. The minimum absolute atomic E-state index is 0.460. The topological polar surface area (TPSA) is 20.0 Å². The van der Waals surface area contributed by atoms with E-state index in [1.54, 1.807) is 16.2 Å². The Morgan fingerprint density at radius 3 is 2.15 bits per heavy atom. The summed E-state index contributed by atoms with van der Waals surface area (Å²) < 4.78 is 0. The van der Waals surface area contributed by atoms with Gasteiger partial charge in [0.25, 0.3) is 0 Å². The van der Waals surface area contributed by atoms with Gasteiger partial charge in [-0.15, -0.1) is 11.3 Å². The SMILES string of the molecule is C/C(=N/N1CC[NH+](C2c3ccccc3-c3ccccc32)CC1)c1cccs1. The third-order valence-corrected chi connectivity index (χ3v) is 6.77. The highest BCUT2D eigenvalue weighted by Crippen LogP contribution is 2.41. The van der Waals surface area contributed by atoms with Crippen molar-refractivity contribution in [2.45, 2.75) is 13.0 Å². The van der Waals surface area contributed by atoms with Gasteiger partial charge in [-0.3, -0.25) is 5.01 Å². The van der Waals surface area contributed by atoms with Gasteiger partial charge in [0.15, 0.2) is 0 Å². The molecule has 0 atom stereocenters. The van der Waals surface area contributed by atoms with Gasteiger partial charge in [0.05, 0.1) is 31.9 Å². The Bertz CT molecular complexity index is 923. The fourth-order valence-corrected chi connectivity index (χ4v) is 5.18. The molecule has 2 aromatic carbocycles. The predicted molar refractivity (Wildman–Crippen MR) is 113 cm³/mol. The second kappa shape index (κ2) is 6.95. The van der Waals surface area contributed by atoms with Crippen molar-refractivity contribution in [3.63, 3.8) is 0 Å². The van der Waals surface area contributed by atoms with Gasteiger partial charge < -0.3 is 4.90 Å². The predicted octanol–water partition coefficient (Wildman–Crippen LogP) is 3.44. The van der Waals surface area contributed by atoms with E-state index in [0.717, 1.165) is 31.9 Å². The standard InChI is InChI=1S/C23H23N3S/c1-17(22-11-6-16-27-22)24-26-14-12-25(13-15-26)23-20-9-4-2-7-18(20)19-8-3-5-10-21(19)23/h2-11,16,23H,12-15H2,1H3/p+1/b24-17-. The van der Waals surface area contributed by atoms with E-state index in [1.807, 2.05) is 0 Å². The van der Waals surface area contributed by atoms with Crippen LogP contribution in [-0.4, -0.2) is 36.9 Å². The maximum Gasteiger partial charge on any atom is 0.140 e. The number of hydrazone groups is 1. The lowest BCUT2D eigenvalue weighted by molar-refractivity contribution is -0.929.